The van der Waals surface area contributed by atoms with Crippen LogP contribution >= 0.6 is 0 Å². The van der Waals surface area contributed by atoms with Crippen LogP contribution in [0.1, 0.15) is 32.6 Å². The highest BCUT2D eigenvalue weighted by molar-refractivity contribution is 5.76. The van der Waals surface area contributed by atoms with Gasteiger partial charge in [0.1, 0.15) is 0 Å². The van der Waals surface area contributed by atoms with E-state index in [0.29, 0.717) is 19.1 Å². The van der Waals surface area contributed by atoms with E-state index >= 15 is 0 Å². The van der Waals surface area contributed by atoms with Crippen LogP contribution in [0, 0.1) is 5.92 Å². The highest BCUT2D eigenvalue weighted by atomic mass is 16.4. The molecular weight excluding hydrogens is 220 g/mol. The number of amides is 2. The fourth-order valence-corrected chi connectivity index (χ4v) is 2.80. The monoisotopic (exact) mass is 240 g/mol. The summed E-state index contributed by atoms with van der Waals surface area (Å²) >= 11 is 0. The van der Waals surface area contributed by atoms with Gasteiger partial charge in [-0.25, -0.2) is 4.79 Å². The predicted molar refractivity (Wildman–Crippen MR) is 62.7 cm³/mol. The first-order chi connectivity index (χ1) is 8.11. The molecule has 0 spiro atoms. The molecule has 1 unspecified atom stereocenters. The van der Waals surface area contributed by atoms with Crippen LogP contribution in [0.15, 0.2) is 0 Å². The molecule has 0 aromatic heterocycles. The fraction of sp³-hybridized carbons (Fsp3) is 0.833. The Hall–Kier alpha value is -1.26. The molecule has 17 heavy (non-hydrogen) atoms. The van der Waals surface area contributed by atoms with Crippen molar-refractivity contribution in [2.24, 2.45) is 5.92 Å². The highest BCUT2D eigenvalue weighted by Gasteiger charge is 2.37. The van der Waals surface area contributed by atoms with Gasteiger partial charge in [0.05, 0.1) is 6.42 Å². The van der Waals surface area contributed by atoms with Crippen LogP contribution in [0.5, 0.6) is 0 Å². The third kappa shape index (κ3) is 2.53. The lowest BCUT2D eigenvalue weighted by molar-refractivity contribution is -0.139. The Kier molecular flexibility index (Phi) is 3.54. The fourth-order valence-electron chi connectivity index (χ4n) is 2.80. The standard InChI is InChI=1S/C12H20N2O3/c1-2-10-4-3-5-14(10)12(17)13-7-9(8-13)6-11(15)16/h9-10H,2-8H2,1H3,(H,15,16). The van der Waals surface area contributed by atoms with E-state index < -0.39 is 5.97 Å². The minimum absolute atomic E-state index is 0.107. The molecule has 1 atom stereocenters. The maximum absolute atomic E-state index is 12.1. The molecule has 0 aliphatic carbocycles. The van der Waals surface area contributed by atoms with Gasteiger partial charge in [0, 0.05) is 31.6 Å². The van der Waals surface area contributed by atoms with E-state index in [1.807, 2.05) is 4.90 Å². The Bertz CT molecular complexity index is 313. The second-order valence-electron chi connectivity index (χ2n) is 5.05. The summed E-state index contributed by atoms with van der Waals surface area (Å²) in [6.07, 6.45) is 3.39. The number of carbonyl (C=O) groups is 2. The van der Waals surface area contributed by atoms with Gasteiger partial charge in [0.25, 0.3) is 0 Å². The first-order valence-electron chi connectivity index (χ1n) is 6.39. The number of rotatable bonds is 3. The summed E-state index contributed by atoms with van der Waals surface area (Å²) in [5.41, 5.74) is 0. The Morgan fingerprint density at radius 1 is 1.35 bits per heavy atom. The Morgan fingerprint density at radius 2 is 2.06 bits per heavy atom. The van der Waals surface area contributed by atoms with E-state index in [2.05, 4.69) is 6.92 Å². The number of nitrogens with zero attached hydrogens (tertiary/aromatic N) is 2. The summed E-state index contributed by atoms with van der Waals surface area (Å²) in [6, 6.07) is 0.497. The quantitative estimate of drug-likeness (QED) is 0.810. The lowest BCUT2D eigenvalue weighted by Gasteiger charge is -2.41. The molecule has 0 saturated carbocycles. The lowest BCUT2D eigenvalue weighted by atomic mass is 9.97. The average molecular weight is 240 g/mol. The molecular formula is C12H20N2O3. The van der Waals surface area contributed by atoms with E-state index in [-0.39, 0.29) is 18.4 Å². The molecule has 2 fully saturated rings. The molecule has 2 amide bonds. The van der Waals surface area contributed by atoms with Crippen molar-refractivity contribution < 1.29 is 14.7 Å². The Balaban J connectivity index is 1.80. The minimum Gasteiger partial charge on any atom is -0.481 e. The maximum Gasteiger partial charge on any atom is 0.320 e. The van der Waals surface area contributed by atoms with Gasteiger partial charge in [-0.05, 0) is 19.3 Å². The molecule has 0 radical (unpaired) electrons. The van der Waals surface area contributed by atoms with Crippen molar-refractivity contribution in [2.75, 3.05) is 19.6 Å². The van der Waals surface area contributed by atoms with Crippen molar-refractivity contribution >= 4 is 12.0 Å². The molecule has 2 saturated heterocycles. The van der Waals surface area contributed by atoms with Crippen molar-refractivity contribution in [1.82, 2.24) is 9.80 Å². The van der Waals surface area contributed by atoms with Crippen LogP contribution in [0.3, 0.4) is 0 Å². The second kappa shape index (κ2) is 4.94. The van der Waals surface area contributed by atoms with Gasteiger partial charge in [-0.2, -0.15) is 0 Å². The summed E-state index contributed by atoms with van der Waals surface area (Å²) in [6.45, 7) is 4.19. The molecule has 0 aromatic carbocycles. The SMILES string of the molecule is CCC1CCCN1C(=O)N1CC(CC(=O)O)C1. The van der Waals surface area contributed by atoms with Crippen molar-refractivity contribution in [3.05, 3.63) is 0 Å². The van der Waals surface area contributed by atoms with Crippen LogP contribution < -0.4 is 0 Å². The second-order valence-corrected chi connectivity index (χ2v) is 5.05. The number of carboxylic acids is 1. The van der Waals surface area contributed by atoms with Gasteiger partial charge < -0.3 is 14.9 Å². The number of aliphatic carboxylic acids is 1. The molecule has 96 valence electrons. The van der Waals surface area contributed by atoms with Crippen LogP contribution in [-0.4, -0.2) is 52.6 Å². The maximum atomic E-state index is 12.1. The normalized spacial score (nSPS) is 24.9. The number of likely N-dealkylation sites (tertiary alicyclic amines) is 2. The molecule has 2 aliphatic heterocycles. The average Bonchev–Trinajstić information content (AvgIpc) is 2.69. The zero-order valence-corrected chi connectivity index (χ0v) is 10.3. The summed E-state index contributed by atoms with van der Waals surface area (Å²) in [4.78, 5) is 26.4. The summed E-state index contributed by atoms with van der Waals surface area (Å²) < 4.78 is 0. The Morgan fingerprint density at radius 3 is 2.65 bits per heavy atom. The Labute approximate surface area is 101 Å². The zero-order valence-electron chi connectivity index (χ0n) is 10.3. The molecule has 2 aliphatic rings. The van der Waals surface area contributed by atoms with Crippen LogP contribution in [0.2, 0.25) is 0 Å². The van der Waals surface area contributed by atoms with Gasteiger partial charge in [0.15, 0.2) is 0 Å². The van der Waals surface area contributed by atoms with E-state index in [4.69, 9.17) is 5.11 Å². The molecule has 0 aromatic rings. The van der Waals surface area contributed by atoms with E-state index in [1.54, 1.807) is 4.90 Å². The first kappa shape index (κ1) is 12.2. The molecule has 2 heterocycles. The topological polar surface area (TPSA) is 60.9 Å². The molecule has 1 N–H and O–H groups in total. The van der Waals surface area contributed by atoms with E-state index in [9.17, 15) is 9.59 Å². The minimum atomic E-state index is -0.769. The third-order valence-corrected chi connectivity index (χ3v) is 3.79. The third-order valence-electron chi connectivity index (χ3n) is 3.79. The van der Waals surface area contributed by atoms with Crippen molar-refractivity contribution in [1.29, 1.82) is 0 Å². The molecule has 0 bridgehead atoms. The number of carboxylic acid groups (broad SMARTS) is 1. The van der Waals surface area contributed by atoms with Gasteiger partial charge in [-0.15, -0.1) is 0 Å². The number of urea groups is 1. The van der Waals surface area contributed by atoms with Crippen LogP contribution in [0.4, 0.5) is 4.79 Å². The lowest BCUT2D eigenvalue weighted by Crippen LogP contribution is -2.56. The van der Waals surface area contributed by atoms with Crippen molar-refractivity contribution in [3.8, 4) is 0 Å². The van der Waals surface area contributed by atoms with Gasteiger partial charge >= 0.3 is 12.0 Å². The number of carbonyl (C=O) groups excluding carboxylic acids is 1. The predicted octanol–water partition coefficient (Wildman–Crippen LogP) is 1.39. The highest BCUT2D eigenvalue weighted by Crippen LogP contribution is 2.26. The van der Waals surface area contributed by atoms with Crippen LogP contribution in [0.25, 0.3) is 0 Å². The van der Waals surface area contributed by atoms with E-state index in [0.717, 1.165) is 25.8 Å². The number of hydrogen-bond acceptors (Lipinski definition) is 2. The molecule has 5 nitrogen and oxygen atoms in total. The first-order valence-corrected chi connectivity index (χ1v) is 6.39. The summed E-state index contributed by atoms with van der Waals surface area (Å²) in [5.74, 6) is -0.617. The molecule has 2 rings (SSSR count). The summed E-state index contributed by atoms with van der Waals surface area (Å²) in [7, 11) is 0. The number of hydrogen-bond donors (Lipinski definition) is 1. The molecule has 5 heteroatoms. The van der Waals surface area contributed by atoms with E-state index in [1.165, 1.54) is 0 Å². The van der Waals surface area contributed by atoms with Gasteiger partial charge in [0.2, 0.25) is 0 Å². The zero-order chi connectivity index (χ0) is 12.4. The van der Waals surface area contributed by atoms with Crippen molar-refractivity contribution in [2.45, 2.75) is 38.6 Å². The van der Waals surface area contributed by atoms with Crippen molar-refractivity contribution in [3.63, 3.8) is 0 Å². The summed E-state index contributed by atoms with van der Waals surface area (Å²) in [5, 5.41) is 8.65. The largest absolute Gasteiger partial charge is 0.481 e. The van der Waals surface area contributed by atoms with Gasteiger partial charge in [-0.1, -0.05) is 6.92 Å². The smallest absolute Gasteiger partial charge is 0.320 e. The van der Waals surface area contributed by atoms with Crippen LogP contribution in [-0.2, 0) is 4.79 Å². The van der Waals surface area contributed by atoms with Gasteiger partial charge in [-0.3, -0.25) is 4.79 Å².